The molecule has 0 aromatic heterocycles. The minimum absolute atomic E-state index is 0.0275. The van der Waals surface area contributed by atoms with E-state index in [1.54, 1.807) is 24.3 Å². The molecule has 4 heteroatoms. The van der Waals surface area contributed by atoms with Crippen LogP contribution in [0.3, 0.4) is 0 Å². The van der Waals surface area contributed by atoms with Crippen LogP contribution in [0.4, 0.5) is 0 Å². The zero-order valence-electron chi connectivity index (χ0n) is 14.4. The van der Waals surface area contributed by atoms with Crippen LogP contribution in [0.15, 0.2) is 48.5 Å². The number of carbonyl (C=O) groups excluding carboxylic acids is 1. The predicted octanol–water partition coefficient (Wildman–Crippen LogP) is 3.89. The first-order valence-electron chi connectivity index (χ1n) is 8.72. The molecule has 1 aliphatic carbocycles. The zero-order valence-corrected chi connectivity index (χ0v) is 14.4. The van der Waals surface area contributed by atoms with Crippen molar-refractivity contribution in [2.75, 3.05) is 0 Å². The first-order valence-corrected chi connectivity index (χ1v) is 8.72. The van der Waals surface area contributed by atoms with Crippen LogP contribution >= 0.6 is 0 Å². The summed E-state index contributed by atoms with van der Waals surface area (Å²) in [6, 6.07) is 15.1. The minimum Gasteiger partial charge on any atom is -0.478 e. The third-order valence-electron chi connectivity index (χ3n) is 4.80. The number of aromatic carboxylic acids is 1. The van der Waals surface area contributed by atoms with Crippen molar-refractivity contribution in [2.45, 2.75) is 38.6 Å². The average Bonchev–Trinajstić information content (AvgIpc) is 3.44. The van der Waals surface area contributed by atoms with Gasteiger partial charge in [-0.15, -0.1) is 0 Å². The maximum Gasteiger partial charge on any atom is 0.335 e. The molecule has 4 nitrogen and oxygen atoms in total. The Balaban J connectivity index is 1.66. The van der Waals surface area contributed by atoms with E-state index in [9.17, 15) is 14.7 Å². The molecule has 0 heterocycles. The van der Waals surface area contributed by atoms with Gasteiger partial charge in [-0.2, -0.15) is 0 Å². The summed E-state index contributed by atoms with van der Waals surface area (Å²) in [7, 11) is 0. The maximum atomic E-state index is 12.5. The minimum atomic E-state index is -0.952. The number of rotatable bonds is 7. The molecule has 0 radical (unpaired) electrons. The van der Waals surface area contributed by atoms with E-state index in [4.69, 9.17) is 0 Å². The van der Waals surface area contributed by atoms with E-state index in [-0.39, 0.29) is 17.5 Å². The van der Waals surface area contributed by atoms with Crippen LogP contribution in [0.5, 0.6) is 0 Å². The van der Waals surface area contributed by atoms with Crippen LogP contribution in [-0.4, -0.2) is 17.0 Å². The number of carboxylic acids is 1. The van der Waals surface area contributed by atoms with E-state index in [0.717, 1.165) is 12.8 Å². The highest BCUT2D eigenvalue weighted by Crippen LogP contribution is 2.41. The van der Waals surface area contributed by atoms with Gasteiger partial charge in [0.05, 0.1) is 11.6 Å². The molecule has 1 saturated carbocycles. The monoisotopic (exact) mass is 337 g/mol. The number of aryl methyl sites for hydroxylation is 2. The van der Waals surface area contributed by atoms with Gasteiger partial charge in [0, 0.05) is 6.42 Å². The SMILES string of the molecule is Cc1ccccc1C(NC(=O)CCc1ccccc1C(=O)O)C1CC1. The Morgan fingerprint density at radius 1 is 1.12 bits per heavy atom. The Morgan fingerprint density at radius 2 is 1.80 bits per heavy atom. The van der Waals surface area contributed by atoms with Crippen molar-refractivity contribution in [3.63, 3.8) is 0 Å². The van der Waals surface area contributed by atoms with Crippen LogP contribution in [0.1, 0.15) is 52.4 Å². The molecule has 0 saturated heterocycles. The van der Waals surface area contributed by atoms with Crippen LogP contribution < -0.4 is 5.32 Å². The lowest BCUT2D eigenvalue weighted by molar-refractivity contribution is -0.122. The summed E-state index contributed by atoms with van der Waals surface area (Å²) >= 11 is 0. The molecule has 1 amide bonds. The van der Waals surface area contributed by atoms with E-state index >= 15 is 0 Å². The van der Waals surface area contributed by atoms with Gasteiger partial charge in [0.1, 0.15) is 0 Å². The summed E-state index contributed by atoms with van der Waals surface area (Å²) in [4.78, 5) is 23.7. The Morgan fingerprint density at radius 3 is 2.48 bits per heavy atom. The highest BCUT2D eigenvalue weighted by molar-refractivity contribution is 5.89. The van der Waals surface area contributed by atoms with Crippen LogP contribution in [0.25, 0.3) is 0 Å². The molecule has 1 fully saturated rings. The third-order valence-corrected chi connectivity index (χ3v) is 4.80. The van der Waals surface area contributed by atoms with Crippen molar-refractivity contribution in [2.24, 2.45) is 5.92 Å². The van der Waals surface area contributed by atoms with E-state index in [0.29, 0.717) is 24.3 Å². The van der Waals surface area contributed by atoms with E-state index in [1.807, 2.05) is 12.1 Å². The summed E-state index contributed by atoms with van der Waals surface area (Å²) in [5, 5.41) is 12.4. The fourth-order valence-corrected chi connectivity index (χ4v) is 3.26. The normalized spacial score (nSPS) is 14.8. The van der Waals surface area contributed by atoms with Gasteiger partial charge in [-0.1, -0.05) is 42.5 Å². The van der Waals surface area contributed by atoms with Crippen molar-refractivity contribution < 1.29 is 14.7 Å². The molecule has 2 aromatic rings. The van der Waals surface area contributed by atoms with Gasteiger partial charge in [-0.3, -0.25) is 4.79 Å². The average molecular weight is 337 g/mol. The molecule has 0 spiro atoms. The number of carboxylic acid groups (broad SMARTS) is 1. The van der Waals surface area contributed by atoms with Gasteiger partial charge >= 0.3 is 5.97 Å². The zero-order chi connectivity index (χ0) is 17.8. The van der Waals surface area contributed by atoms with Gasteiger partial charge in [0.15, 0.2) is 0 Å². The van der Waals surface area contributed by atoms with Crippen LogP contribution in [-0.2, 0) is 11.2 Å². The Hall–Kier alpha value is -2.62. The molecule has 2 N–H and O–H groups in total. The number of nitrogens with one attached hydrogen (secondary N) is 1. The van der Waals surface area contributed by atoms with Gasteiger partial charge in [-0.25, -0.2) is 4.79 Å². The quantitative estimate of drug-likeness (QED) is 0.805. The largest absolute Gasteiger partial charge is 0.478 e. The molecular formula is C21H23NO3. The van der Waals surface area contributed by atoms with Crippen LogP contribution in [0.2, 0.25) is 0 Å². The van der Waals surface area contributed by atoms with Gasteiger partial charge in [-0.05, 0) is 54.9 Å². The topological polar surface area (TPSA) is 66.4 Å². The molecule has 1 atom stereocenters. The first kappa shape index (κ1) is 17.2. The predicted molar refractivity (Wildman–Crippen MR) is 96.5 cm³/mol. The molecule has 1 unspecified atom stereocenters. The molecule has 2 aromatic carbocycles. The van der Waals surface area contributed by atoms with E-state index < -0.39 is 5.97 Å². The Bertz CT molecular complexity index is 780. The lowest BCUT2D eigenvalue weighted by Crippen LogP contribution is -2.30. The molecule has 0 bridgehead atoms. The number of hydrogen-bond acceptors (Lipinski definition) is 2. The second-order valence-electron chi connectivity index (χ2n) is 6.70. The molecule has 1 aliphatic rings. The second-order valence-corrected chi connectivity index (χ2v) is 6.70. The Kier molecular flexibility index (Phi) is 5.17. The second kappa shape index (κ2) is 7.51. The molecular weight excluding hydrogens is 314 g/mol. The number of benzene rings is 2. The summed E-state index contributed by atoms with van der Waals surface area (Å²) in [6.45, 7) is 2.07. The highest BCUT2D eigenvalue weighted by atomic mass is 16.4. The van der Waals surface area contributed by atoms with Gasteiger partial charge in [0.25, 0.3) is 0 Å². The smallest absolute Gasteiger partial charge is 0.335 e. The summed E-state index contributed by atoms with van der Waals surface area (Å²) < 4.78 is 0. The van der Waals surface area contributed by atoms with Crippen LogP contribution in [0, 0.1) is 12.8 Å². The summed E-state index contributed by atoms with van der Waals surface area (Å²) in [5.74, 6) is -0.469. The first-order chi connectivity index (χ1) is 12.1. The fourth-order valence-electron chi connectivity index (χ4n) is 3.26. The summed E-state index contributed by atoms with van der Waals surface area (Å²) in [6.07, 6.45) is 3.00. The third kappa shape index (κ3) is 4.27. The lowest BCUT2D eigenvalue weighted by Gasteiger charge is -2.21. The van der Waals surface area contributed by atoms with Crippen molar-refractivity contribution in [3.05, 3.63) is 70.8 Å². The van der Waals surface area contributed by atoms with Gasteiger partial charge < -0.3 is 10.4 Å². The van der Waals surface area contributed by atoms with E-state index in [1.165, 1.54) is 11.1 Å². The van der Waals surface area contributed by atoms with Crippen molar-refractivity contribution in [3.8, 4) is 0 Å². The summed E-state index contributed by atoms with van der Waals surface area (Å²) in [5.41, 5.74) is 3.34. The number of hydrogen-bond donors (Lipinski definition) is 2. The molecule has 25 heavy (non-hydrogen) atoms. The molecule has 130 valence electrons. The fraction of sp³-hybridized carbons (Fsp3) is 0.333. The van der Waals surface area contributed by atoms with Crippen molar-refractivity contribution >= 4 is 11.9 Å². The Labute approximate surface area is 147 Å². The standard InChI is InChI=1S/C21H23NO3/c1-14-6-2-4-8-17(14)20(16-10-11-16)22-19(23)13-12-15-7-3-5-9-18(15)21(24)25/h2-9,16,20H,10-13H2,1H3,(H,22,23)(H,24,25). The maximum absolute atomic E-state index is 12.5. The van der Waals surface area contributed by atoms with Crippen molar-refractivity contribution in [1.82, 2.24) is 5.32 Å². The molecule has 0 aliphatic heterocycles. The highest BCUT2D eigenvalue weighted by Gasteiger charge is 2.33. The van der Waals surface area contributed by atoms with E-state index in [2.05, 4.69) is 24.4 Å². The number of amides is 1. The number of carbonyl (C=O) groups is 2. The lowest BCUT2D eigenvalue weighted by atomic mass is 9.97. The van der Waals surface area contributed by atoms with Gasteiger partial charge in [0.2, 0.25) is 5.91 Å². The molecule has 3 rings (SSSR count). The van der Waals surface area contributed by atoms with Crippen molar-refractivity contribution in [1.29, 1.82) is 0 Å².